The minimum Gasteiger partial charge on any atom is -0.394 e. The second kappa shape index (κ2) is 7.38. The van der Waals surface area contributed by atoms with Crippen molar-refractivity contribution in [3.05, 3.63) is 29.8 Å². The highest BCUT2D eigenvalue weighted by Gasteiger charge is 2.42. The van der Waals surface area contributed by atoms with Crippen molar-refractivity contribution in [1.82, 2.24) is 5.32 Å². The van der Waals surface area contributed by atoms with Crippen molar-refractivity contribution < 1.29 is 9.90 Å². The number of aliphatic hydroxyl groups is 1. The van der Waals surface area contributed by atoms with Crippen LogP contribution in [0.5, 0.6) is 0 Å². The van der Waals surface area contributed by atoms with Gasteiger partial charge in [0.2, 0.25) is 0 Å². The van der Waals surface area contributed by atoms with Gasteiger partial charge in [0.25, 0.3) is 0 Å². The summed E-state index contributed by atoms with van der Waals surface area (Å²) in [5.41, 5.74) is 1.47. The highest BCUT2D eigenvalue weighted by molar-refractivity contribution is 7.99. The second-order valence-corrected chi connectivity index (χ2v) is 8.05. The number of nitrogens with one attached hydrogen (secondary N) is 2. The molecule has 1 aliphatic rings. The van der Waals surface area contributed by atoms with Gasteiger partial charge < -0.3 is 15.7 Å². The molecule has 1 aromatic rings. The van der Waals surface area contributed by atoms with Gasteiger partial charge in [-0.25, -0.2) is 4.79 Å². The lowest BCUT2D eigenvalue weighted by molar-refractivity contribution is 0.159. The molecule has 0 aromatic heterocycles. The van der Waals surface area contributed by atoms with Crippen LogP contribution in [0.15, 0.2) is 24.3 Å². The molecule has 2 rings (SSSR count). The van der Waals surface area contributed by atoms with E-state index in [1.54, 1.807) is 0 Å². The molecular weight excluding hydrogens is 296 g/mol. The third-order valence-corrected chi connectivity index (χ3v) is 5.14. The molecule has 1 aromatic carbocycles. The molecule has 0 aliphatic heterocycles. The van der Waals surface area contributed by atoms with Gasteiger partial charge in [0.05, 0.1) is 12.1 Å². The molecule has 122 valence electrons. The summed E-state index contributed by atoms with van der Waals surface area (Å²) < 4.78 is 0. The molecule has 3 N–H and O–H groups in total. The first kappa shape index (κ1) is 17.2. The van der Waals surface area contributed by atoms with Crippen molar-refractivity contribution in [2.45, 2.75) is 50.2 Å². The molecule has 0 bridgehead atoms. The fourth-order valence-corrected chi connectivity index (χ4v) is 3.12. The predicted octanol–water partition coefficient (Wildman–Crippen LogP) is 3.61. The first-order chi connectivity index (χ1) is 10.4. The lowest BCUT2D eigenvalue weighted by Crippen LogP contribution is -2.52. The van der Waals surface area contributed by atoms with Gasteiger partial charge >= 0.3 is 6.03 Å². The highest BCUT2D eigenvalue weighted by atomic mass is 32.2. The summed E-state index contributed by atoms with van der Waals surface area (Å²) in [6.45, 7) is 6.22. The zero-order valence-corrected chi connectivity index (χ0v) is 14.4. The molecule has 5 heteroatoms. The summed E-state index contributed by atoms with van der Waals surface area (Å²) >= 11 is 1.88. The molecule has 2 amide bonds. The summed E-state index contributed by atoms with van der Waals surface area (Å²) in [5.74, 6) is 1.32. The topological polar surface area (TPSA) is 61.4 Å². The van der Waals surface area contributed by atoms with E-state index in [1.165, 1.54) is 5.56 Å². The summed E-state index contributed by atoms with van der Waals surface area (Å²) in [7, 11) is 0. The number of anilines is 1. The largest absolute Gasteiger partial charge is 0.394 e. The fourth-order valence-electron chi connectivity index (χ4n) is 2.41. The Morgan fingerprint density at radius 3 is 2.77 bits per heavy atom. The van der Waals surface area contributed by atoms with Crippen molar-refractivity contribution >= 4 is 23.5 Å². The Bertz CT molecular complexity index is 517. The van der Waals surface area contributed by atoms with Gasteiger partial charge in [-0.15, -0.1) is 0 Å². The number of aliphatic hydroxyl groups excluding tert-OH is 1. The number of thioether (sulfide) groups is 1. The molecular formula is C17H26N2O2S. The number of carbonyl (C=O) groups excluding carboxylic acids is 1. The Labute approximate surface area is 137 Å². The molecule has 22 heavy (non-hydrogen) atoms. The molecule has 1 aliphatic carbocycles. The predicted molar refractivity (Wildman–Crippen MR) is 93.2 cm³/mol. The molecule has 1 saturated carbocycles. The van der Waals surface area contributed by atoms with Crippen molar-refractivity contribution in [3.63, 3.8) is 0 Å². The van der Waals surface area contributed by atoms with Crippen LogP contribution in [0, 0.1) is 5.92 Å². The number of amides is 2. The van der Waals surface area contributed by atoms with E-state index in [4.69, 9.17) is 0 Å². The second-order valence-electron chi connectivity index (χ2n) is 6.49. The molecule has 0 spiro atoms. The third-order valence-electron chi connectivity index (χ3n) is 3.97. The normalized spacial score (nSPS) is 17.1. The van der Waals surface area contributed by atoms with Crippen molar-refractivity contribution in [2.75, 3.05) is 11.9 Å². The van der Waals surface area contributed by atoms with Crippen LogP contribution in [-0.2, 0) is 5.75 Å². The van der Waals surface area contributed by atoms with Crippen LogP contribution in [0.2, 0.25) is 0 Å². The van der Waals surface area contributed by atoms with E-state index in [1.807, 2.05) is 36.9 Å². The van der Waals surface area contributed by atoms with Crippen LogP contribution in [-0.4, -0.2) is 28.5 Å². The van der Waals surface area contributed by atoms with Crippen LogP contribution < -0.4 is 10.6 Å². The van der Waals surface area contributed by atoms with E-state index < -0.39 is 5.54 Å². The Hall–Kier alpha value is -1.20. The van der Waals surface area contributed by atoms with Crippen molar-refractivity contribution in [2.24, 2.45) is 5.92 Å². The maximum Gasteiger partial charge on any atom is 0.319 e. The van der Waals surface area contributed by atoms with E-state index in [0.717, 1.165) is 24.3 Å². The van der Waals surface area contributed by atoms with Gasteiger partial charge in [-0.2, -0.15) is 11.8 Å². The molecule has 0 heterocycles. The summed E-state index contributed by atoms with van der Waals surface area (Å²) in [6, 6.07) is 7.66. The SMILES string of the molecule is CC(C)SCc1cccc(NC(=O)NC(C)(CO)C2CC2)c1. The number of urea groups is 1. The lowest BCUT2D eigenvalue weighted by atomic mass is 9.97. The zero-order valence-electron chi connectivity index (χ0n) is 13.6. The van der Waals surface area contributed by atoms with Gasteiger partial charge in [0, 0.05) is 11.4 Å². The quantitative estimate of drug-likeness (QED) is 0.718. The van der Waals surface area contributed by atoms with E-state index in [-0.39, 0.29) is 12.6 Å². The van der Waals surface area contributed by atoms with Gasteiger partial charge in [-0.05, 0) is 48.6 Å². The average Bonchev–Trinajstić information content (AvgIpc) is 3.30. The van der Waals surface area contributed by atoms with E-state index in [2.05, 4.69) is 30.5 Å². The standard InChI is InChI=1S/C17H26N2O2S/c1-12(2)22-10-13-5-4-6-15(9-13)18-16(21)19-17(3,11-20)14-7-8-14/h4-6,9,12,14,20H,7-8,10-11H2,1-3H3,(H2,18,19,21). The number of hydrogen-bond acceptors (Lipinski definition) is 3. The molecule has 1 unspecified atom stereocenters. The van der Waals surface area contributed by atoms with Crippen LogP contribution >= 0.6 is 11.8 Å². The molecule has 1 fully saturated rings. The number of carbonyl (C=O) groups is 1. The number of benzene rings is 1. The smallest absolute Gasteiger partial charge is 0.319 e. The monoisotopic (exact) mass is 322 g/mol. The summed E-state index contributed by atoms with van der Waals surface area (Å²) in [4.78, 5) is 12.2. The van der Waals surface area contributed by atoms with Gasteiger partial charge in [-0.3, -0.25) is 0 Å². The number of rotatable bonds is 7. The lowest BCUT2D eigenvalue weighted by Gasteiger charge is -2.28. The first-order valence-electron chi connectivity index (χ1n) is 7.83. The highest BCUT2D eigenvalue weighted by Crippen LogP contribution is 2.39. The maximum atomic E-state index is 12.2. The number of hydrogen-bond donors (Lipinski definition) is 3. The van der Waals surface area contributed by atoms with Crippen LogP contribution in [0.25, 0.3) is 0 Å². The average molecular weight is 322 g/mol. The Balaban J connectivity index is 1.92. The summed E-state index contributed by atoms with van der Waals surface area (Å²) in [6.07, 6.45) is 2.14. The van der Waals surface area contributed by atoms with E-state index in [9.17, 15) is 9.90 Å². The minimum atomic E-state index is -0.519. The van der Waals surface area contributed by atoms with Gasteiger partial charge in [0.15, 0.2) is 0 Å². The van der Waals surface area contributed by atoms with E-state index >= 15 is 0 Å². The van der Waals surface area contributed by atoms with Crippen molar-refractivity contribution in [1.29, 1.82) is 0 Å². The molecule has 0 saturated heterocycles. The Morgan fingerprint density at radius 1 is 1.45 bits per heavy atom. The van der Waals surface area contributed by atoms with Gasteiger partial charge in [0.1, 0.15) is 0 Å². The van der Waals surface area contributed by atoms with Crippen LogP contribution in [0.3, 0.4) is 0 Å². The van der Waals surface area contributed by atoms with Crippen LogP contribution in [0.1, 0.15) is 39.2 Å². The molecule has 0 radical (unpaired) electrons. The maximum absolute atomic E-state index is 12.2. The zero-order chi connectivity index (χ0) is 16.2. The molecule has 4 nitrogen and oxygen atoms in total. The fraction of sp³-hybridized carbons (Fsp3) is 0.588. The van der Waals surface area contributed by atoms with E-state index in [0.29, 0.717) is 11.2 Å². The molecule has 1 atom stereocenters. The Morgan fingerprint density at radius 2 is 2.18 bits per heavy atom. The van der Waals surface area contributed by atoms with Gasteiger partial charge in [-0.1, -0.05) is 26.0 Å². The first-order valence-corrected chi connectivity index (χ1v) is 8.88. The third kappa shape index (κ3) is 4.92. The Kier molecular flexibility index (Phi) is 5.75. The van der Waals surface area contributed by atoms with Crippen molar-refractivity contribution in [3.8, 4) is 0 Å². The minimum absolute atomic E-state index is 0.0316. The van der Waals surface area contributed by atoms with Crippen LogP contribution in [0.4, 0.5) is 10.5 Å². The summed E-state index contributed by atoms with van der Waals surface area (Å²) in [5, 5.41) is 15.9.